The summed E-state index contributed by atoms with van der Waals surface area (Å²) in [5.74, 6) is -1.29. The summed E-state index contributed by atoms with van der Waals surface area (Å²) in [7, 11) is 0. The number of alkyl carbamates (subject to hydrolysis) is 1. The molecule has 0 bridgehead atoms. The summed E-state index contributed by atoms with van der Waals surface area (Å²) in [4.78, 5) is 15.6. The van der Waals surface area contributed by atoms with E-state index in [1.54, 1.807) is 6.07 Å². The Kier molecular flexibility index (Phi) is 3.48. The van der Waals surface area contributed by atoms with E-state index in [2.05, 4.69) is 10.3 Å². The van der Waals surface area contributed by atoms with Crippen molar-refractivity contribution >= 4 is 17.7 Å². The third-order valence-corrected chi connectivity index (χ3v) is 3.85. The number of halogens is 3. The van der Waals surface area contributed by atoms with Crippen LogP contribution in [-0.2, 0) is 10.3 Å². The molecule has 0 spiro atoms. The van der Waals surface area contributed by atoms with Gasteiger partial charge in [-0.05, 0) is 36.8 Å². The second kappa shape index (κ2) is 5.21. The summed E-state index contributed by atoms with van der Waals surface area (Å²) < 4.78 is 32.9. The lowest BCUT2D eigenvalue weighted by molar-refractivity contribution is 0.0460. The van der Waals surface area contributed by atoms with E-state index < -0.39 is 29.4 Å². The van der Waals surface area contributed by atoms with Gasteiger partial charge in [0.1, 0.15) is 17.7 Å². The molecule has 7 heteroatoms. The van der Waals surface area contributed by atoms with Gasteiger partial charge in [0, 0.05) is 18.0 Å². The van der Waals surface area contributed by atoms with Gasteiger partial charge in [-0.25, -0.2) is 13.6 Å². The van der Waals surface area contributed by atoms with Crippen molar-refractivity contribution in [1.29, 1.82) is 0 Å². The minimum absolute atomic E-state index is 0.0594. The van der Waals surface area contributed by atoms with Crippen LogP contribution in [0.2, 0.25) is 5.02 Å². The Labute approximate surface area is 130 Å². The number of hydrogen-bond donors (Lipinski definition) is 1. The first-order chi connectivity index (χ1) is 10.4. The van der Waals surface area contributed by atoms with Gasteiger partial charge in [0.05, 0.1) is 5.02 Å². The molecule has 0 radical (unpaired) electrons. The van der Waals surface area contributed by atoms with Crippen LogP contribution in [0.25, 0.3) is 0 Å². The number of nitrogens with zero attached hydrogens (tertiary/aromatic N) is 1. The zero-order valence-electron chi connectivity index (χ0n) is 11.4. The van der Waals surface area contributed by atoms with Crippen LogP contribution in [0, 0.1) is 11.6 Å². The molecule has 2 atom stereocenters. The highest BCUT2D eigenvalue weighted by atomic mass is 35.5. The molecule has 0 aliphatic carbocycles. The third-order valence-electron chi connectivity index (χ3n) is 3.64. The SMILES string of the molecule is C[C@]1(c2cc(F)ccc2F)OC(=O)N[C@@H]1c1cncc(Cl)c1. The summed E-state index contributed by atoms with van der Waals surface area (Å²) in [6.07, 6.45) is 2.19. The molecular formula is C15H11ClF2N2O2. The zero-order valence-corrected chi connectivity index (χ0v) is 12.2. The summed E-state index contributed by atoms with van der Waals surface area (Å²) in [6.45, 7) is 1.51. The van der Waals surface area contributed by atoms with Crippen molar-refractivity contribution < 1.29 is 18.3 Å². The van der Waals surface area contributed by atoms with E-state index in [1.165, 1.54) is 19.3 Å². The lowest BCUT2D eigenvalue weighted by Gasteiger charge is -2.29. The van der Waals surface area contributed by atoms with Gasteiger partial charge in [-0.3, -0.25) is 4.98 Å². The molecule has 0 unspecified atom stereocenters. The van der Waals surface area contributed by atoms with Gasteiger partial charge in [0.2, 0.25) is 0 Å². The van der Waals surface area contributed by atoms with Crippen LogP contribution < -0.4 is 5.32 Å². The van der Waals surface area contributed by atoms with E-state index in [0.29, 0.717) is 10.6 Å². The molecule has 1 saturated heterocycles. The predicted octanol–water partition coefficient (Wildman–Crippen LogP) is 3.71. The maximum atomic E-state index is 14.1. The molecule has 1 aliphatic rings. The van der Waals surface area contributed by atoms with Gasteiger partial charge in [0.15, 0.2) is 5.60 Å². The lowest BCUT2D eigenvalue weighted by atomic mass is 9.85. The number of amides is 1. The fourth-order valence-corrected chi connectivity index (χ4v) is 2.79. The van der Waals surface area contributed by atoms with E-state index >= 15 is 0 Å². The van der Waals surface area contributed by atoms with Gasteiger partial charge < -0.3 is 10.1 Å². The monoisotopic (exact) mass is 324 g/mol. The molecule has 1 N–H and O–H groups in total. The van der Waals surface area contributed by atoms with Crippen molar-refractivity contribution in [3.8, 4) is 0 Å². The summed E-state index contributed by atoms with van der Waals surface area (Å²) in [6, 6.07) is 3.85. The number of carbonyl (C=O) groups is 1. The first-order valence-corrected chi connectivity index (χ1v) is 6.83. The number of benzene rings is 1. The Morgan fingerprint density at radius 2 is 2.09 bits per heavy atom. The molecule has 1 aromatic carbocycles. The second-order valence-electron chi connectivity index (χ2n) is 5.13. The lowest BCUT2D eigenvalue weighted by Crippen LogP contribution is -2.32. The largest absolute Gasteiger partial charge is 0.436 e. The Morgan fingerprint density at radius 3 is 2.82 bits per heavy atom. The van der Waals surface area contributed by atoms with Gasteiger partial charge in [-0.15, -0.1) is 0 Å². The van der Waals surface area contributed by atoms with Gasteiger partial charge in [-0.2, -0.15) is 0 Å². The van der Waals surface area contributed by atoms with Crippen molar-refractivity contribution in [2.24, 2.45) is 0 Å². The highest BCUT2D eigenvalue weighted by Gasteiger charge is 2.49. The summed E-state index contributed by atoms with van der Waals surface area (Å²) >= 11 is 5.91. The van der Waals surface area contributed by atoms with Crippen molar-refractivity contribution in [3.05, 3.63) is 64.4 Å². The molecule has 114 valence electrons. The normalized spacial score (nSPS) is 24.0. The maximum absolute atomic E-state index is 14.1. The third kappa shape index (κ3) is 2.39. The highest BCUT2D eigenvalue weighted by Crippen LogP contribution is 2.43. The maximum Gasteiger partial charge on any atom is 0.408 e. The van der Waals surface area contributed by atoms with Crippen LogP contribution in [0.3, 0.4) is 0 Å². The fourth-order valence-electron chi connectivity index (χ4n) is 2.61. The second-order valence-corrected chi connectivity index (χ2v) is 5.57. The van der Waals surface area contributed by atoms with Crippen molar-refractivity contribution in [3.63, 3.8) is 0 Å². The molecular weight excluding hydrogens is 314 g/mol. The Morgan fingerprint density at radius 1 is 1.32 bits per heavy atom. The number of rotatable bonds is 2. The topological polar surface area (TPSA) is 51.2 Å². The van der Waals surface area contributed by atoms with E-state index in [9.17, 15) is 13.6 Å². The molecule has 4 nitrogen and oxygen atoms in total. The predicted molar refractivity (Wildman–Crippen MR) is 75.3 cm³/mol. The summed E-state index contributed by atoms with van der Waals surface area (Å²) in [5.41, 5.74) is -0.948. The number of cyclic esters (lactones) is 1. The van der Waals surface area contributed by atoms with Crippen molar-refractivity contribution in [2.45, 2.75) is 18.6 Å². The molecule has 2 aromatic rings. The molecule has 1 amide bonds. The van der Waals surface area contributed by atoms with Crippen LogP contribution in [0.4, 0.5) is 13.6 Å². The van der Waals surface area contributed by atoms with Crippen LogP contribution in [-0.4, -0.2) is 11.1 Å². The number of aromatic nitrogens is 1. The Bertz CT molecular complexity index is 756. The van der Waals surface area contributed by atoms with Crippen LogP contribution in [0.15, 0.2) is 36.7 Å². The molecule has 2 heterocycles. The van der Waals surface area contributed by atoms with E-state index in [1.807, 2.05) is 0 Å². The molecule has 1 fully saturated rings. The van der Waals surface area contributed by atoms with E-state index in [-0.39, 0.29) is 5.56 Å². The zero-order chi connectivity index (χ0) is 15.9. The molecule has 22 heavy (non-hydrogen) atoms. The Hall–Kier alpha value is -2.21. The molecule has 1 aromatic heterocycles. The van der Waals surface area contributed by atoms with Gasteiger partial charge >= 0.3 is 6.09 Å². The summed E-state index contributed by atoms with van der Waals surface area (Å²) in [5, 5.41) is 2.95. The number of pyridine rings is 1. The van der Waals surface area contributed by atoms with E-state index in [4.69, 9.17) is 16.3 Å². The van der Waals surface area contributed by atoms with E-state index in [0.717, 1.165) is 18.2 Å². The van der Waals surface area contributed by atoms with Crippen LogP contribution in [0.5, 0.6) is 0 Å². The van der Waals surface area contributed by atoms with Gasteiger partial charge in [0.25, 0.3) is 0 Å². The van der Waals surface area contributed by atoms with Crippen LogP contribution in [0.1, 0.15) is 24.1 Å². The van der Waals surface area contributed by atoms with Crippen LogP contribution >= 0.6 is 11.6 Å². The number of hydrogen-bond acceptors (Lipinski definition) is 3. The standard InChI is InChI=1S/C15H11ClF2N2O2/c1-15(11-5-10(17)2-3-12(11)18)13(20-14(21)22-15)8-4-9(16)7-19-6-8/h2-7,13H,1H3,(H,20,21)/t13-,15-/m1/s1. The first kappa shape index (κ1) is 14.7. The first-order valence-electron chi connectivity index (χ1n) is 6.45. The average Bonchev–Trinajstić information content (AvgIpc) is 2.77. The molecule has 3 rings (SSSR count). The number of nitrogens with one attached hydrogen (secondary N) is 1. The van der Waals surface area contributed by atoms with Gasteiger partial charge in [-0.1, -0.05) is 11.6 Å². The van der Waals surface area contributed by atoms with Crippen molar-refractivity contribution in [2.75, 3.05) is 0 Å². The molecule has 1 aliphatic heterocycles. The number of carbonyl (C=O) groups excluding carboxylic acids is 1. The number of ether oxygens (including phenoxy) is 1. The molecule has 0 saturated carbocycles. The highest BCUT2D eigenvalue weighted by molar-refractivity contribution is 6.30. The average molecular weight is 325 g/mol. The minimum atomic E-state index is -1.42. The van der Waals surface area contributed by atoms with Crippen molar-refractivity contribution in [1.82, 2.24) is 10.3 Å². The Balaban J connectivity index is 2.13. The fraction of sp³-hybridized carbons (Fsp3) is 0.200. The minimum Gasteiger partial charge on any atom is -0.436 e. The smallest absolute Gasteiger partial charge is 0.408 e. The quantitative estimate of drug-likeness (QED) is 0.916.